The molecule has 0 radical (unpaired) electrons. The van der Waals surface area contributed by atoms with Crippen molar-refractivity contribution in [3.63, 3.8) is 0 Å². The Morgan fingerprint density at radius 1 is 1.05 bits per heavy atom. The summed E-state index contributed by atoms with van der Waals surface area (Å²) in [4.78, 5) is 21.1. The minimum Gasteiger partial charge on any atom is -0.300 e. The predicted molar refractivity (Wildman–Crippen MR) is 143 cm³/mol. The molecule has 5 rings (SSSR count). The lowest BCUT2D eigenvalue weighted by Crippen LogP contribution is -2.36. The highest BCUT2D eigenvalue weighted by Crippen LogP contribution is 2.33. The Kier molecular flexibility index (Phi) is 9.86. The van der Waals surface area contributed by atoms with E-state index in [1.165, 1.54) is 31.4 Å². The molecule has 3 aromatic rings. The van der Waals surface area contributed by atoms with Gasteiger partial charge in [-0.15, -0.1) is 5.53 Å². The van der Waals surface area contributed by atoms with Crippen LogP contribution in [0.5, 0.6) is 0 Å². The van der Waals surface area contributed by atoms with Crippen LogP contribution in [-0.2, 0) is 13.0 Å². The number of hydrogen-bond donors (Lipinski definition) is 2. The van der Waals surface area contributed by atoms with Crippen molar-refractivity contribution >= 4 is 5.70 Å². The summed E-state index contributed by atoms with van der Waals surface area (Å²) < 4.78 is 79.7. The second-order valence-electron chi connectivity index (χ2n) is 10.2. The Hall–Kier alpha value is -3.94. The molecule has 1 aromatic carbocycles. The van der Waals surface area contributed by atoms with Gasteiger partial charge >= 0.3 is 6.18 Å². The molecule has 8 nitrogen and oxygen atoms in total. The molecule has 1 aliphatic heterocycles. The number of benzene rings is 1. The first kappa shape index (κ1) is 31.0. The molecule has 1 fully saturated rings. The average molecular weight is 596 g/mol. The van der Waals surface area contributed by atoms with Crippen LogP contribution < -0.4 is 16.5 Å². The third kappa shape index (κ3) is 7.87. The van der Waals surface area contributed by atoms with Crippen molar-refractivity contribution in [3.05, 3.63) is 92.8 Å². The molecule has 1 saturated carbocycles. The van der Waals surface area contributed by atoms with Gasteiger partial charge in [0.1, 0.15) is 22.9 Å². The molecule has 0 amide bonds. The van der Waals surface area contributed by atoms with E-state index in [-0.39, 0.29) is 46.8 Å². The van der Waals surface area contributed by atoms with Crippen LogP contribution in [0.25, 0.3) is 5.70 Å². The van der Waals surface area contributed by atoms with E-state index in [1.807, 2.05) is 13.0 Å². The molecule has 0 bridgehead atoms. The van der Waals surface area contributed by atoms with Gasteiger partial charge in [-0.25, -0.2) is 17.9 Å². The fraction of sp³-hybridized carbons (Fsp3) is 0.429. The fourth-order valence-corrected chi connectivity index (χ4v) is 4.99. The Labute approximate surface area is 238 Å². The number of halogens is 6. The van der Waals surface area contributed by atoms with Crippen LogP contribution >= 0.6 is 0 Å². The van der Waals surface area contributed by atoms with Gasteiger partial charge in [0.15, 0.2) is 0 Å². The van der Waals surface area contributed by atoms with Gasteiger partial charge in [0.25, 0.3) is 12.0 Å². The minimum atomic E-state index is -4.51. The maximum atomic E-state index is 13.7. The highest BCUT2D eigenvalue weighted by Gasteiger charge is 2.32. The van der Waals surface area contributed by atoms with E-state index in [1.54, 1.807) is 6.07 Å². The van der Waals surface area contributed by atoms with Crippen molar-refractivity contribution in [2.45, 2.75) is 70.5 Å². The molecule has 0 atom stereocenters. The number of nitrogens with zero attached hydrogens (tertiary/aromatic N) is 5. The van der Waals surface area contributed by atoms with Crippen molar-refractivity contribution in [1.29, 1.82) is 0 Å². The Balaban J connectivity index is 0.000000437. The highest BCUT2D eigenvalue weighted by atomic mass is 19.4. The van der Waals surface area contributed by atoms with Crippen LogP contribution in [0.1, 0.15) is 66.2 Å². The normalized spacial score (nSPS) is 16.0. The lowest BCUT2D eigenvalue weighted by molar-refractivity contribution is -0.128. The minimum absolute atomic E-state index is 0.00188. The molecule has 3 heterocycles. The Morgan fingerprint density at radius 2 is 1.74 bits per heavy atom. The van der Waals surface area contributed by atoms with Crippen LogP contribution in [0.4, 0.5) is 26.3 Å². The lowest BCUT2D eigenvalue weighted by atomic mass is 9.84. The van der Waals surface area contributed by atoms with Crippen molar-refractivity contribution in [1.82, 2.24) is 35.7 Å². The molecule has 1 aliphatic carbocycles. The summed E-state index contributed by atoms with van der Waals surface area (Å²) in [6, 6.07) is 8.01. The van der Waals surface area contributed by atoms with Crippen LogP contribution in [0, 0.1) is 12.7 Å². The molecule has 0 saturated heterocycles. The summed E-state index contributed by atoms with van der Waals surface area (Å²) in [5.41, 5.74) is 5.48. The number of alkyl halides is 5. The van der Waals surface area contributed by atoms with E-state index in [9.17, 15) is 31.1 Å². The maximum absolute atomic E-state index is 13.7. The quantitative estimate of drug-likeness (QED) is 0.376. The number of aromatic nitrogens is 4. The van der Waals surface area contributed by atoms with Crippen molar-refractivity contribution in [2.24, 2.45) is 0 Å². The van der Waals surface area contributed by atoms with Crippen LogP contribution in [-0.4, -0.2) is 44.4 Å². The first-order valence-electron chi connectivity index (χ1n) is 13.4. The smallest absolute Gasteiger partial charge is 0.300 e. The van der Waals surface area contributed by atoms with E-state index in [0.29, 0.717) is 5.56 Å². The molecule has 2 aromatic heterocycles. The van der Waals surface area contributed by atoms with Crippen molar-refractivity contribution in [3.8, 4) is 0 Å². The molecular weight excluding hydrogens is 564 g/mol. The number of rotatable bonds is 6. The van der Waals surface area contributed by atoms with Crippen molar-refractivity contribution < 1.29 is 26.3 Å². The summed E-state index contributed by atoms with van der Waals surface area (Å²) in [5.74, 6) is -0.251. The van der Waals surface area contributed by atoms with Gasteiger partial charge < -0.3 is 0 Å². The third-order valence-corrected chi connectivity index (χ3v) is 6.98. The molecule has 226 valence electrons. The largest absolute Gasteiger partial charge is 0.394 e. The number of allylic oxidation sites excluding steroid dienone is 1. The van der Waals surface area contributed by atoms with E-state index >= 15 is 0 Å². The van der Waals surface area contributed by atoms with Crippen LogP contribution in [0.2, 0.25) is 0 Å². The molecule has 42 heavy (non-hydrogen) atoms. The number of hydrogen-bond acceptors (Lipinski definition) is 7. The first-order valence-corrected chi connectivity index (χ1v) is 13.4. The third-order valence-electron chi connectivity index (χ3n) is 6.98. The first-order chi connectivity index (χ1) is 19.9. The van der Waals surface area contributed by atoms with E-state index < -0.39 is 24.6 Å². The van der Waals surface area contributed by atoms with Gasteiger partial charge in [-0.2, -0.15) is 18.3 Å². The maximum Gasteiger partial charge on any atom is 0.394 e. The summed E-state index contributed by atoms with van der Waals surface area (Å²) in [6.07, 6.45) is -1.86. The van der Waals surface area contributed by atoms with Gasteiger partial charge in [0.2, 0.25) is 0 Å². The zero-order valence-electron chi connectivity index (χ0n) is 23.1. The highest BCUT2D eigenvalue weighted by molar-refractivity contribution is 5.65. The molecule has 2 N–H and O–H groups in total. The monoisotopic (exact) mass is 595 g/mol. The van der Waals surface area contributed by atoms with Gasteiger partial charge in [-0.05, 0) is 49.4 Å². The average Bonchev–Trinajstić information content (AvgIpc) is 3.32. The summed E-state index contributed by atoms with van der Waals surface area (Å²) in [6.45, 7) is 1.50. The van der Waals surface area contributed by atoms with Gasteiger partial charge in [0.05, 0.1) is 24.4 Å². The molecule has 14 heteroatoms. The zero-order chi connectivity index (χ0) is 30.4. The number of hydrazine groups is 2. The summed E-state index contributed by atoms with van der Waals surface area (Å²) >= 11 is 0. The van der Waals surface area contributed by atoms with Gasteiger partial charge in [-0.1, -0.05) is 31.4 Å². The van der Waals surface area contributed by atoms with Crippen LogP contribution in [0.15, 0.2) is 53.2 Å². The molecular formula is C28H31F6N7O. The van der Waals surface area contributed by atoms with E-state index in [0.717, 1.165) is 53.6 Å². The molecule has 0 spiro atoms. The zero-order valence-corrected chi connectivity index (χ0v) is 23.1. The van der Waals surface area contributed by atoms with Crippen LogP contribution in [0.3, 0.4) is 0 Å². The molecule has 2 aliphatic rings. The summed E-state index contributed by atoms with van der Waals surface area (Å²) in [5, 5.41) is 5.36. The summed E-state index contributed by atoms with van der Waals surface area (Å²) in [7, 11) is 1.41. The van der Waals surface area contributed by atoms with E-state index in [2.05, 4.69) is 26.0 Å². The Morgan fingerprint density at radius 3 is 2.33 bits per heavy atom. The van der Waals surface area contributed by atoms with Crippen molar-refractivity contribution in [2.75, 3.05) is 7.05 Å². The lowest BCUT2D eigenvalue weighted by Gasteiger charge is -2.23. The number of aryl methyl sites for hydroxylation is 1. The predicted octanol–water partition coefficient (Wildman–Crippen LogP) is 5.26. The van der Waals surface area contributed by atoms with Gasteiger partial charge in [0, 0.05) is 25.0 Å². The SMILES string of the molecule is CN1NNC(c2cc(C3CCCCC3)c(=O)n(Cc3nccnc3CC(F)(F)F)n2)=C1C(F)F.Cc1cccc(F)c1. The Bertz CT molecular complexity index is 1450. The van der Waals surface area contributed by atoms with Gasteiger partial charge in [-0.3, -0.25) is 25.2 Å². The van der Waals surface area contributed by atoms with E-state index in [4.69, 9.17) is 0 Å². The number of nitrogens with one attached hydrogen (secondary N) is 2. The topological polar surface area (TPSA) is 88.0 Å². The molecule has 0 unspecified atom stereocenters. The fourth-order valence-electron chi connectivity index (χ4n) is 4.99. The second kappa shape index (κ2) is 13.4. The standard InChI is InChI=1S/C21H24F5N7O.C7H7F/c1-32-18(19(22)23)17(29-31-32)14-9-13(12-5-3-2-4-6-12)20(34)33(30-14)11-16-15(10-21(24,25)26)27-7-8-28-16;1-6-3-2-4-7(8)5-6/h7-9,12,19,29,31H,2-6,10-11H2,1H3;2-5H,1H3. The second-order valence-corrected chi connectivity index (χ2v) is 10.2.